The molecule has 11 aromatic rings. The van der Waals surface area contributed by atoms with Crippen LogP contribution < -0.4 is 5.32 Å². The molecule has 0 saturated heterocycles. The highest BCUT2D eigenvalue weighted by atomic mass is 32.1. The van der Waals surface area contributed by atoms with E-state index in [1.807, 2.05) is 59.1 Å². The number of rotatable bonds is 5. The van der Waals surface area contributed by atoms with E-state index in [1.165, 1.54) is 79.0 Å². The molecule has 1 aliphatic heterocycles. The molecule has 8 aromatic carbocycles. The van der Waals surface area contributed by atoms with E-state index in [0.29, 0.717) is 0 Å². The molecule has 0 fully saturated rings. The lowest BCUT2D eigenvalue weighted by Gasteiger charge is -2.23. The molecular formula is C51H32N4S2. The van der Waals surface area contributed by atoms with Gasteiger partial charge in [0.25, 0.3) is 0 Å². The molecule has 1 unspecified atom stereocenters. The SMILES string of the molecule is c1ccc(C2=NC(c3ccc4sc5ccc(-c6ccc7c(c6)sc6ccc(-n8c9ccccc9c9ccccc98)cc67)cc5c4c3)NC(c3ccccc3)=N2)cc1. The van der Waals surface area contributed by atoms with Gasteiger partial charge >= 0.3 is 0 Å². The van der Waals surface area contributed by atoms with Gasteiger partial charge in [0.1, 0.15) is 12.0 Å². The molecule has 1 aliphatic rings. The number of nitrogens with one attached hydrogen (secondary N) is 1. The van der Waals surface area contributed by atoms with Crippen molar-refractivity contribution in [3.05, 3.63) is 199 Å². The predicted molar refractivity (Wildman–Crippen MR) is 244 cm³/mol. The van der Waals surface area contributed by atoms with Crippen LogP contribution in [0.4, 0.5) is 0 Å². The first-order valence-electron chi connectivity index (χ1n) is 19.2. The Morgan fingerprint density at radius 2 is 1.00 bits per heavy atom. The molecule has 268 valence electrons. The lowest BCUT2D eigenvalue weighted by atomic mass is 10.0. The van der Waals surface area contributed by atoms with Crippen LogP contribution >= 0.6 is 22.7 Å². The van der Waals surface area contributed by atoms with Crippen molar-refractivity contribution in [3.8, 4) is 16.8 Å². The highest BCUT2D eigenvalue weighted by Gasteiger charge is 2.22. The van der Waals surface area contributed by atoms with E-state index in [9.17, 15) is 0 Å². The van der Waals surface area contributed by atoms with E-state index >= 15 is 0 Å². The Bertz CT molecular complexity index is 3390. The van der Waals surface area contributed by atoms with E-state index in [4.69, 9.17) is 9.98 Å². The van der Waals surface area contributed by atoms with E-state index in [2.05, 4.69) is 155 Å². The molecule has 12 rings (SSSR count). The monoisotopic (exact) mass is 764 g/mol. The second-order valence-corrected chi connectivity index (χ2v) is 16.8. The van der Waals surface area contributed by atoms with Gasteiger partial charge in [0, 0.05) is 67.9 Å². The average molecular weight is 765 g/mol. The molecular weight excluding hydrogens is 733 g/mol. The number of nitrogens with zero attached hydrogens (tertiary/aromatic N) is 3. The first-order chi connectivity index (χ1) is 28.2. The third-order valence-electron chi connectivity index (χ3n) is 11.3. The Kier molecular flexibility index (Phi) is 7.30. The lowest BCUT2D eigenvalue weighted by molar-refractivity contribution is 0.675. The minimum absolute atomic E-state index is 0.277. The Labute approximate surface area is 336 Å². The maximum absolute atomic E-state index is 5.15. The van der Waals surface area contributed by atoms with Gasteiger partial charge in [-0.1, -0.05) is 121 Å². The molecule has 3 aromatic heterocycles. The molecule has 0 aliphatic carbocycles. The quantitative estimate of drug-likeness (QED) is 0.186. The molecule has 0 spiro atoms. The third-order valence-corrected chi connectivity index (χ3v) is 13.5. The second kappa shape index (κ2) is 12.8. The zero-order valence-electron chi connectivity index (χ0n) is 30.6. The minimum atomic E-state index is -0.277. The molecule has 0 radical (unpaired) electrons. The maximum Gasteiger partial charge on any atom is 0.159 e. The summed E-state index contributed by atoms with van der Waals surface area (Å²) in [5.74, 6) is 1.56. The minimum Gasteiger partial charge on any atom is -0.344 e. The number of aromatic nitrogens is 1. The molecule has 0 saturated carbocycles. The van der Waals surface area contributed by atoms with Crippen molar-refractivity contribution in [3.63, 3.8) is 0 Å². The number of para-hydroxylation sites is 2. The van der Waals surface area contributed by atoms with Gasteiger partial charge in [-0.3, -0.25) is 0 Å². The van der Waals surface area contributed by atoms with Crippen LogP contribution in [-0.2, 0) is 0 Å². The Balaban J connectivity index is 0.926. The fourth-order valence-corrected chi connectivity index (χ4v) is 10.7. The number of amidine groups is 2. The van der Waals surface area contributed by atoms with Crippen LogP contribution in [0.5, 0.6) is 0 Å². The summed E-state index contributed by atoms with van der Waals surface area (Å²) in [5.41, 5.74) is 9.24. The number of hydrogen-bond acceptors (Lipinski definition) is 5. The van der Waals surface area contributed by atoms with Crippen LogP contribution in [0.15, 0.2) is 192 Å². The summed E-state index contributed by atoms with van der Waals surface area (Å²) >= 11 is 3.71. The Morgan fingerprint density at radius 3 is 1.75 bits per heavy atom. The Hall–Kier alpha value is -6.86. The van der Waals surface area contributed by atoms with Crippen LogP contribution in [0.2, 0.25) is 0 Å². The zero-order chi connectivity index (χ0) is 37.5. The van der Waals surface area contributed by atoms with Crippen LogP contribution in [0.25, 0.3) is 79.0 Å². The number of thiophene rings is 2. The second-order valence-electron chi connectivity index (χ2n) is 14.6. The molecule has 4 nitrogen and oxygen atoms in total. The van der Waals surface area contributed by atoms with E-state index in [-0.39, 0.29) is 6.17 Å². The predicted octanol–water partition coefficient (Wildman–Crippen LogP) is 13.7. The van der Waals surface area contributed by atoms with Crippen LogP contribution in [-0.4, -0.2) is 16.2 Å². The molecule has 1 atom stereocenters. The summed E-state index contributed by atoms with van der Waals surface area (Å²) < 4.78 is 7.55. The number of hydrogen-bond donors (Lipinski definition) is 1. The summed E-state index contributed by atoms with van der Waals surface area (Å²) in [6.45, 7) is 0. The van der Waals surface area contributed by atoms with Crippen molar-refractivity contribution in [2.24, 2.45) is 9.98 Å². The summed E-state index contributed by atoms with van der Waals surface area (Å²) in [5, 5.41) is 11.3. The third kappa shape index (κ3) is 5.33. The molecule has 4 heterocycles. The van der Waals surface area contributed by atoms with Gasteiger partial charge in [0.05, 0.1) is 11.0 Å². The van der Waals surface area contributed by atoms with Crippen molar-refractivity contribution in [1.82, 2.24) is 9.88 Å². The molecule has 0 bridgehead atoms. The van der Waals surface area contributed by atoms with Crippen molar-refractivity contribution in [1.29, 1.82) is 0 Å². The van der Waals surface area contributed by atoms with E-state index in [1.54, 1.807) is 0 Å². The van der Waals surface area contributed by atoms with Gasteiger partial charge in [-0.05, 0) is 77.4 Å². The van der Waals surface area contributed by atoms with Gasteiger partial charge < -0.3 is 9.88 Å². The summed E-state index contributed by atoms with van der Waals surface area (Å²) in [7, 11) is 0. The standard InChI is InChI=1S/C51H32N4S2/c1-3-11-31(12-4-1)49-52-50(32-13-5-2-6-14-32)54-51(53-49)35-21-25-46-41(28-35)40-27-33(20-24-45(40)56-46)34-19-23-39-42-30-36(22-26-47(42)57-48(39)29-34)55-43-17-9-7-15-37(43)38-16-8-10-18-44(38)55/h1-30,51H,(H,52,53,54). The summed E-state index contributed by atoms with van der Waals surface area (Å²) in [4.78, 5) is 10.1. The molecule has 6 heteroatoms. The van der Waals surface area contributed by atoms with Crippen molar-refractivity contribution in [2.75, 3.05) is 0 Å². The Morgan fingerprint density at radius 1 is 0.421 bits per heavy atom. The van der Waals surface area contributed by atoms with Crippen LogP contribution in [0, 0.1) is 0 Å². The van der Waals surface area contributed by atoms with Gasteiger partial charge in [-0.25, -0.2) is 9.98 Å². The largest absolute Gasteiger partial charge is 0.344 e. The summed E-state index contributed by atoms with van der Waals surface area (Å²) in [6.07, 6.45) is -0.277. The van der Waals surface area contributed by atoms with Crippen molar-refractivity contribution < 1.29 is 0 Å². The maximum atomic E-state index is 5.15. The fourth-order valence-electron chi connectivity index (χ4n) is 8.51. The van der Waals surface area contributed by atoms with Crippen molar-refractivity contribution >= 4 is 96.5 Å². The lowest BCUT2D eigenvalue weighted by Crippen LogP contribution is -2.33. The van der Waals surface area contributed by atoms with E-state index in [0.717, 1.165) is 28.4 Å². The zero-order valence-corrected chi connectivity index (χ0v) is 32.2. The number of aliphatic imine (C=N–C) groups is 2. The first kappa shape index (κ1) is 32.4. The topological polar surface area (TPSA) is 41.7 Å². The van der Waals surface area contributed by atoms with Crippen molar-refractivity contribution in [2.45, 2.75) is 6.17 Å². The number of benzene rings is 8. The van der Waals surface area contributed by atoms with Crippen LogP contribution in [0.3, 0.4) is 0 Å². The van der Waals surface area contributed by atoms with Gasteiger partial charge in [0.15, 0.2) is 5.84 Å². The van der Waals surface area contributed by atoms with E-state index < -0.39 is 0 Å². The summed E-state index contributed by atoms with van der Waals surface area (Å²) in [6, 6.07) is 65.6. The highest BCUT2D eigenvalue weighted by Crippen LogP contribution is 2.42. The smallest absolute Gasteiger partial charge is 0.159 e. The molecule has 1 N–H and O–H groups in total. The normalized spacial score (nSPS) is 14.5. The molecule has 0 amide bonds. The molecule has 57 heavy (non-hydrogen) atoms. The van der Waals surface area contributed by atoms with Gasteiger partial charge in [-0.15, -0.1) is 22.7 Å². The highest BCUT2D eigenvalue weighted by molar-refractivity contribution is 7.26. The fraction of sp³-hybridized carbons (Fsp3) is 0.0196. The first-order valence-corrected chi connectivity index (χ1v) is 20.8. The van der Waals surface area contributed by atoms with Crippen LogP contribution in [0.1, 0.15) is 22.9 Å². The van der Waals surface area contributed by atoms with Gasteiger partial charge in [-0.2, -0.15) is 0 Å². The van der Waals surface area contributed by atoms with Gasteiger partial charge in [0.2, 0.25) is 0 Å². The number of fused-ring (bicyclic) bond motifs is 9. The average Bonchev–Trinajstić information content (AvgIpc) is 3.95.